The Labute approximate surface area is 60.0 Å². The molecular weight excluding hydrogens is 132 g/mol. The summed E-state index contributed by atoms with van der Waals surface area (Å²) in [4.78, 5) is 10.7. The van der Waals surface area contributed by atoms with Gasteiger partial charge in [0.25, 0.3) is 0 Å². The molecule has 0 aromatic heterocycles. The van der Waals surface area contributed by atoms with Crippen molar-refractivity contribution in [1.82, 2.24) is 0 Å². The lowest BCUT2D eigenvalue weighted by Crippen LogP contribution is -2.32. The fourth-order valence-electron chi connectivity index (χ4n) is 0.917. The molecule has 3 heteroatoms. The van der Waals surface area contributed by atoms with Crippen molar-refractivity contribution in [2.45, 2.75) is 33.0 Å². The third-order valence-electron chi connectivity index (χ3n) is 2.27. The van der Waals surface area contributed by atoms with E-state index in [0.717, 1.165) is 0 Å². The monoisotopic (exact) mass is 144 g/mol. The molecule has 58 valence electrons. The highest BCUT2D eigenvalue weighted by Gasteiger charge is 2.47. The molecule has 0 aromatic rings. The van der Waals surface area contributed by atoms with E-state index in [1.165, 1.54) is 0 Å². The molecule has 1 fully saturated rings. The van der Waals surface area contributed by atoms with Crippen LogP contribution in [0.2, 0.25) is 0 Å². The average molecular weight is 144 g/mol. The molecular formula is C7H12O3. The zero-order valence-electron chi connectivity index (χ0n) is 6.42. The molecule has 0 aliphatic carbocycles. The average Bonchev–Trinajstić information content (AvgIpc) is 1.97. The van der Waals surface area contributed by atoms with Gasteiger partial charge in [0.15, 0.2) is 6.10 Å². The normalized spacial score (nSPS) is 37.8. The number of esters is 1. The van der Waals surface area contributed by atoms with Gasteiger partial charge in [0, 0.05) is 5.41 Å². The van der Waals surface area contributed by atoms with Crippen molar-refractivity contribution in [3.8, 4) is 0 Å². The van der Waals surface area contributed by atoms with Crippen molar-refractivity contribution in [2.24, 2.45) is 5.41 Å². The Balaban J connectivity index is 2.85. The summed E-state index contributed by atoms with van der Waals surface area (Å²) in [5, 5.41) is 9.22. The van der Waals surface area contributed by atoms with Crippen LogP contribution in [0.15, 0.2) is 0 Å². The molecule has 3 nitrogen and oxygen atoms in total. The summed E-state index contributed by atoms with van der Waals surface area (Å²) in [6.07, 6.45) is -1.14. The number of hydrogen-bond donors (Lipinski definition) is 1. The highest BCUT2D eigenvalue weighted by molar-refractivity contribution is 5.78. The minimum atomic E-state index is -0.956. The first-order valence-corrected chi connectivity index (χ1v) is 3.35. The van der Waals surface area contributed by atoms with Crippen molar-refractivity contribution >= 4 is 5.97 Å². The van der Waals surface area contributed by atoms with E-state index in [1.807, 2.05) is 13.8 Å². The van der Waals surface area contributed by atoms with Crippen molar-refractivity contribution < 1.29 is 14.6 Å². The molecule has 1 saturated heterocycles. The van der Waals surface area contributed by atoms with Crippen LogP contribution in [-0.2, 0) is 9.53 Å². The van der Waals surface area contributed by atoms with Crippen LogP contribution in [0.4, 0.5) is 0 Å². The molecule has 1 rings (SSSR count). The van der Waals surface area contributed by atoms with Gasteiger partial charge in [0.05, 0.1) is 0 Å². The van der Waals surface area contributed by atoms with E-state index in [4.69, 9.17) is 4.74 Å². The van der Waals surface area contributed by atoms with Crippen LogP contribution < -0.4 is 0 Å². The maximum atomic E-state index is 10.7. The maximum Gasteiger partial charge on any atom is 0.335 e. The molecule has 0 saturated carbocycles. The largest absolute Gasteiger partial charge is 0.460 e. The summed E-state index contributed by atoms with van der Waals surface area (Å²) in [5.74, 6) is -0.502. The number of aliphatic hydroxyl groups excluding tert-OH is 1. The number of cyclic esters (lactones) is 1. The molecule has 1 N–H and O–H groups in total. The zero-order valence-corrected chi connectivity index (χ0v) is 6.42. The summed E-state index contributed by atoms with van der Waals surface area (Å²) in [7, 11) is 0. The molecule has 10 heavy (non-hydrogen) atoms. The van der Waals surface area contributed by atoms with Crippen LogP contribution >= 0.6 is 0 Å². The highest BCUT2D eigenvalue weighted by Crippen LogP contribution is 2.34. The molecule has 0 amide bonds. The first kappa shape index (κ1) is 7.54. The lowest BCUT2D eigenvalue weighted by atomic mass is 9.84. The first-order chi connectivity index (χ1) is 4.46. The molecule has 1 aliphatic rings. The number of carbonyl (C=O) groups excluding carboxylic acids is 1. The third-order valence-corrected chi connectivity index (χ3v) is 2.27. The minimum absolute atomic E-state index is 0.185. The Hall–Kier alpha value is -0.570. The van der Waals surface area contributed by atoms with E-state index in [1.54, 1.807) is 6.92 Å². The van der Waals surface area contributed by atoms with Gasteiger partial charge in [-0.05, 0) is 6.92 Å². The van der Waals surface area contributed by atoms with Gasteiger partial charge in [-0.2, -0.15) is 0 Å². The maximum absolute atomic E-state index is 10.7. The number of ether oxygens (including phenoxy) is 1. The van der Waals surface area contributed by atoms with Crippen LogP contribution in [0.5, 0.6) is 0 Å². The molecule has 0 spiro atoms. The second kappa shape index (κ2) is 1.95. The fraction of sp³-hybridized carbons (Fsp3) is 0.857. The van der Waals surface area contributed by atoms with Gasteiger partial charge in [-0.25, -0.2) is 4.79 Å². The highest BCUT2D eigenvalue weighted by atomic mass is 16.6. The van der Waals surface area contributed by atoms with Crippen molar-refractivity contribution in [3.05, 3.63) is 0 Å². The lowest BCUT2D eigenvalue weighted by molar-refractivity contribution is -0.146. The number of carbonyl (C=O) groups is 1. The van der Waals surface area contributed by atoms with E-state index >= 15 is 0 Å². The smallest absolute Gasteiger partial charge is 0.335 e. The predicted molar refractivity (Wildman–Crippen MR) is 35.3 cm³/mol. The van der Waals surface area contributed by atoms with Gasteiger partial charge in [0.2, 0.25) is 0 Å². The van der Waals surface area contributed by atoms with Crippen molar-refractivity contribution in [1.29, 1.82) is 0 Å². The van der Waals surface area contributed by atoms with Gasteiger partial charge in [-0.15, -0.1) is 0 Å². The van der Waals surface area contributed by atoms with E-state index < -0.39 is 17.5 Å². The molecule has 0 aromatic carbocycles. The van der Waals surface area contributed by atoms with E-state index in [9.17, 15) is 9.90 Å². The van der Waals surface area contributed by atoms with Gasteiger partial charge in [-0.3, -0.25) is 0 Å². The van der Waals surface area contributed by atoms with E-state index in [-0.39, 0.29) is 6.10 Å². The van der Waals surface area contributed by atoms with Gasteiger partial charge in [0.1, 0.15) is 6.10 Å². The fourth-order valence-corrected chi connectivity index (χ4v) is 0.917. The second-order valence-corrected chi connectivity index (χ2v) is 3.30. The van der Waals surface area contributed by atoms with Crippen LogP contribution in [0.3, 0.4) is 0 Å². The molecule has 0 unspecified atom stereocenters. The predicted octanol–water partition coefficient (Wildman–Crippen LogP) is 0.319. The van der Waals surface area contributed by atoms with Crippen LogP contribution in [0.25, 0.3) is 0 Å². The molecule has 0 bridgehead atoms. The topological polar surface area (TPSA) is 46.5 Å². The zero-order chi connectivity index (χ0) is 7.94. The Kier molecular flexibility index (Phi) is 1.47. The Morgan fingerprint density at radius 1 is 1.60 bits per heavy atom. The Bertz CT molecular complexity index is 162. The van der Waals surface area contributed by atoms with E-state index in [0.29, 0.717) is 0 Å². The number of aliphatic hydroxyl groups is 1. The summed E-state index contributed by atoms with van der Waals surface area (Å²) < 4.78 is 4.80. The van der Waals surface area contributed by atoms with Crippen molar-refractivity contribution in [3.63, 3.8) is 0 Å². The SMILES string of the molecule is C[C@@H]1OC(=O)[C@H](O)C1(C)C. The summed E-state index contributed by atoms with van der Waals surface area (Å²) in [5.41, 5.74) is -0.433. The van der Waals surface area contributed by atoms with Gasteiger partial charge in [-0.1, -0.05) is 13.8 Å². The quantitative estimate of drug-likeness (QED) is 0.498. The number of rotatable bonds is 0. The van der Waals surface area contributed by atoms with E-state index in [2.05, 4.69) is 0 Å². The molecule has 0 radical (unpaired) electrons. The molecule has 1 heterocycles. The van der Waals surface area contributed by atoms with Crippen LogP contribution in [0, 0.1) is 5.41 Å². The Morgan fingerprint density at radius 2 is 2.10 bits per heavy atom. The number of hydrogen-bond acceptors (Lipinski definition) is 3. The van der Waals surface area contributed by atoms with Crippen LogP contribution in [0.1, 0.15) is 20.8 Å². The second-order valence-electron chi connectivity index (χ2n) is 3.30. The lowest BCUT2D eigenvalue weighted by Gasteiger charge is -2.21. The summed E-state index contributed by atoms with van der Waals surface area (Å²) >= 11 is 0. The standard InChI is InChI=1S/C7H12O3/c1-4-7(2,3)5(8)6(9)10-4/h4-5,8H,1-3H3/t4-,5-/m0/s1. The minimum Gasteiger partial charge on any atom is -0.460 e. The van der Waals surface area contributed by atoms with Crippen LogP contribution in [-0.4, -0.2) is 23.3 Å². The first-order valence-electron chi connectivity index (χ1n) is 3.35. The summed E-state index contributed by atoms with van der Waals surface area (Å²) in [6, 6.07) is 0. The van der Waals surface area contributed by atoms with Gasteiger partial charge >= 0.3 is 5.97 Å². The van der Waals surface area contributed by atoms with Gasteiger partial charge < -0.3 is 9.84 Å². The molecule has 2 atom stereocenters. The third kappa shape index (κ3) is 0.814. The molecule has 1 aliphatic heterocycles. The summed E-state index contributed by atoms with van der Waals surface area (Å²) in [6.45, 7) is 5.41. The van der Waals surface area contributed by atoms with Crippen molar-refractivity contribution in [2.75, 3.05) is 0 Å². The Morgan fingerprint density at radius 3 is 2.20 bits per heavy atom.